The fourth-order valence-electron chi connectivity index (χ4n) is 2.80. The molecule has 3 rings (SSSR count). The van der Waals surface area contributed by atoms with Gasteiger partial charge in [-0.3, -0.25) is 0 Å². The van der Waals surface area contributed by atoms with Crippen molar-refractivity contribution in [3.63, 3.8) is 0 Å². The summed E-state index contributed by atoms with van der Waals surface area (Å²) in [5.41, 5.74) is 4.30. The van der Waals surface area contributed by atoms with Gasteiger partial charge in [-0.05, 0) is 31.0 Å². The van der Waals surface area contributed by atoms with Crippen LogP contribution in [0.1, 0.15) is 25.3 Å². The number of para-hydroxylation sites is 1. The molecule has 0 aliphatic carbocycles. The highest BCUT2D eigenvalue weighted by Gasteiger charge is 2.12. The monoisotopic (exact) mass is 240 g/mol. The third-order valence-electron chi connectivity index (χ3n) is 3.66. The number of fused-ring (bicyclic) bond motifs is 1. The van der Waals surface area contributed by atoms with Crippen molar-refractivity contribution in [1.82, 2.24) is 9.88 Å². The van der Waals surface area contributed by atoms with E-state index in [-0.39, 0.29) is 0 Å². The van der Waals surface area contributed by atoms with E-state index in [1.165, 1.54) is 28.5 Å². The molecule has 0 amide bonds. The van der Waals surface area contributed by atoms with Crippen molar-refractivity contribution in [1.29, 1.82) is 0 Å². The highest BCUT2D eigenvalue weighted by atomic mass is 15.0. The van der Waals surface area contributed by atoms with Crippen LogP contribution in [-0.2, 0) is 6.54 Å². The van der Waals surface area contributed by atoms with Gasteiger partial charge < -0.3 is 9.88 Å². The number of benzene rings is 1. The lowest BCUT2D eigenvalue weighted by Crippen LogP contribution is -2.19. The molecule has 0 atom stereocenters. The largest absolute Gasteiger partial charge is 0.347 e. The Hall–Kier alpha value is -1.54. The van der Waals surface area contributed by atoms with E-state index in [1.807, 2.05) is 0 Å². The van der Waals surface area contributed by atoms with Crippen LogP contribution in [0.5, 0.6) is 0 Å². The summed E-state index contributed by atoms with van der Waals surface area (Å²) in [4.78, 5) is 0. The Kier molecular flexibility index (Phi) is 3.20. The fraction of sp³-hybridized carbons (Fsp3) is 0.375. The van der Waals surface area contributed by atoms with E-state index in [1.54, 1.807) is 0 Å². The first-order valence-corrected chi connectivity index (χ1v) is 6.88. The number of nitrogens with one attached hydrogen (secondary N) is 1. The quantitative estimate of drug-likeness (QED) is 0.869. The molecule has 1 N–H and O–H groups in total. The molecule has 0 saturated carbocycles. The average Bonchev–Trinajstić information content (AvgIpc) is 2.80. The van der Waals surface area contributed by atoms with Crippen molar-refractivity contribution < 1.29 is 0 Å². The van der Waals surface area contributed by atoms with Gasteiger partial charge in [0.15, 0.2) is 0 Å². The Morgan fingerprint density at radius 3 is 2.94 bits per heavy atom. The van der Waals surface area contributed by atoms with E-state index in [9.17, 15) is 0 Å². The number of aryl methyl sites for hydroxylation is 1. The number of aromatic nitrogens is 1. The van der Waals surface area contributed by atoms with Crippen molar-refractivity contribution in [3.8, 4) is 0 Å². The van der Waals surface area contributed by atoms with Crippen molar-refractivity contribution >= 4 is 16.5 Å². The minimum atomic E-state index is 1.00. The van der Waals surface area contributed by atoms with Gasteiger partial charge in [0, 0.05) is 35.8 Å². The van der Waals surface area contributed by atoms with Gasteiger partial charge >= 0.3 is 0 Å². The molecule has 0 saturated heterocycles. The second-order valence-electron chi connectivity index (χ2n) is 4.94. The minimum absolute atomic E-state index is 1.00. The maximum Gasteiger partial charge on any atom is 0.0486 e. The minimum Gasteiger partial charge on any atom is -0.347 e. The smallest absolute Gasteiger partial charge is 0.0486 e. The Morgan fingerprint density at radius 2 is 2.17 bits per heavy atom. The molecule has 0 spiro atoms. The Balaban J connectivity index is 2.13. The molecule has 2 aromatic rings. The summed E-state index contributed by atoms with van der Waals surface area (Å²) in [6.07, 6.45) is 6.99. The molecular formula is C16H20N2. The van der Waals surface area contributed by atoms with Crippen LogP contribution < -0.4 is 5.32 Å². The molecule has 1 aliphatic heterocycles. The first-order valence-electron chi connectivity index (χ1n) is 6.88. The van der Waals surface area contributed by atoms with E-state index in [2.05, 4.69) is 53.3 Å². The topological polar surface area (TPSA) is 17.0 Å². The third kappa shape index (κ3) is 1.97. The second kappa shape index (κ2) is 4.99. The summed E-state index contributed by atoms with van der Waals surface area (Å²) in [6, 6.07) is 8.76. The molecule has 94 valence electrons. The SMILES string of the molecule is CCCn1cc(C2=CCNCC2)c2ccccc21. The first kappa shape index (κ1) is 11.5. The van der Waals surface area contributed by atoms with Crippen molar-refractivity contribution in [2.75, 3.05) is 13.1 Å². The van der Waals surface area contributed by atoms with Crippen LogP contribution in [0, 0.1) is 0 Å². The lowest BCUT2D eigenvalue weighted by atomic mass is 10.00. The number of hydrogen-bond donors (Lipinski definition) is 1. The number of nitrogens with zero attached hydrogens (tertiary/aromatic N) is 1. The highest BCUT2D eigenvalue weighted by molar-refractivity contribution is 5.93. The van der Waals surface area contributed by atoms with Crippen LogP contribution in [0.15, 0.2) is 36.5 Å². The van der Waals surface area contributed by atoms with Crippen molar-refractivity contribution in [2.45, 2.75) is 26.3 Å². The maximum atomic E-state index is 3.38. The van der Waals surface area contributed by atoms with E-state index in [0.717, 1.165) is 26.1 Å². The van der Waals surface area contributed by atoms with Gasteiger partial charge in [0.2, 0.25) is 0 Å². The molecular weight excluding hydrogens is 220 g/mol. The van der Waals surface area contributed by atoms with Gasteiger partial charge in [0.25, 0.3) is 0 Å². The average molecular weight is 240 g/mol. The van der Waals surface area contributed by atoms with Gasteiger partial charge in [-0.1, -0.05) is 31.2 Å². The molecule has 18 heavy (non-hydrogen) atoms. The van der Waals surface area contributed by atoms with Gasteiger partial charge in [-0.15, -0.1) is 0 Å². The predicted molar refractivity (Wildman–Crippen MR) is 77.7 cm³/mol. The lowest BCUT2D eigenvalue weighted by Gasteiger charge is -2.13. The zero-order valence-corrected chi connectivity index (χ0v) is 10.9. The van der Waals surface area contributed by atoms with Crippen molar-refractivity contribution in [2.24, 2.45) is 0 Å². The summed E-state index contributed by atoms with van der Waals surface area (Å²) >= 11 is 0. The van der Waals surface area contributed by atoms with E-state index < -0.39 is 0 Å². The Bertz CT molecular complexity index is 578. The van der Waals surface area contributed by atoms with Crippen LogP contribution in [0.2, 0.25) is 0 Å². The summed E-state index contributed by atoms with van der Waals surface area (Å²) in [5, 5.41) is 4.78. The molecule has 1 aliphatic rings. The normalized spacial score (nSPS) is 15.9. The Morgan fingerprint density at radius 1 is 1.28 bits per heavy atom. The second-order valence-corrected chi connectivity index (χ2v) is 4.94. The molecule has 0 unspecified atom stereocenters. The van der Waals surface area contributed by atoms with Gasteiger partial charge in [-0.2, -0.15) is 0 Å². The molecule has 0 fully saturated rings. The zero-order valence-electron chi connectivity index (χ0n) is 10.9. The van der Waals surface area contributed by atoms with Gasteiger partial charge in [-0.25, -0.2) is 0 Å². The van der Waals surface area contributed by atoms with Crippen molar-refractivity contribution in [3.05, 3.63) is 42.1 Å². The van der Waals surface area contributed by atoms with Crippen LogP contribution in [0.4, 0.5) is 0 Å². The summed E-state index contributed by atoms with van der Waals surface area (Å²) < 4.78 is 2.40. The maximum absolute atomic E-state index is 3.38. The molecule has 0 bridgehead atoms. The summed E-state index contributed by atoms with van der Waals surface area (Å²) in [6.45, 7) is 5.44. The molecule has 2 nitrogen and oxygen atoms in total. The van der Waals surface area contributed by atoms with Gasteiger partial charge in [0.05, 0.1) is 0 Å². The third-order valence-corrected chi connectivity index (χ3v) is 3.66. The molecule has 0 radical (unpaired) electrons. The van der Waals surface area contributed by atoms with Crippen LogP contribution >= 0.6 is 0 Å². The zero-order chi connectivity index (χ0) is 12.4. The molecule has 2 heteroatoms. The lowest BCUT2D eigenvalue weighted by molar-refractivity contribution is 0.701. The highest BCUT2D eigenvalue weighted by Crippen LogP contribution is 2.29. The van der Waals surface area contributed by atoms with E-state index in [4.69, 9.17) is 0 Å². The standard InChI is InChI=1S/C16H20N2/c1-2-11-18-12-15(13-7-9-17-10-8-13)14-5-3-4-6-16(14)18/h3-7,12,17H,2,8-11H2,1H3. The summed E-state index contributed by atoms with van der Waals surface area (Å²) in [5.74, 6) is 0. The fourth-order valence-corrected chi connectivity index (χ4v) is 2.80. The van der Waals surface area contributed by atoms with E-state index >= 15 is 0 Å². The first-order chi connectivity index (χ1) is 8.90. The Labute approximate surface area is 108 Å². The van der Waals surface area contributed by atoms with Crippen LogP contribution in [-0.4, -0.2) is 17.7 Å². The van der Waals surface area contributed by atoms with Crippen LogP contribution in [0.25, 0.3) is 16.5 Å². The number of rotatable bonds is 3. The van der Waals surface area contributed by atoms with Crippen LogP contribution in [0.3, 0.4) is 0 Å². The summed E-state index contributed by atoms with van der Waals surface area (Å²) in [7, 11) is 0. The van der Waals surface area contributed by atoms with E-state index in [0.29, 0.717) is 0 Å². The predicted octanol–water partition coefficient (Wildman–Crippen LogP) is 3.43. The molecule has 1 aromatic carbocycles. The molecule has 2 heterocycles. The van der Waals surface area contributed by atoms with Gasteiger partial charge in [0.1, 0.15) is 0 Å². The molecule has 1 aromatic heterocycles. The number of hydrogen-bond acceptors (Lipinski definition) is 1.